The van der Waals surface area contributed by atoms with Crippen molar-refractivity contribution in [2.24, 2.45) is 0 Å². The molecule has 0 amide bonds. The van der Waals surface area contributed by atoms with Crippen LogP contribution in [0.25, 0.3) is 21.8 Å². The summed E-state index contributed by atoms with van der Waals surface area (Å²) in [7, 11) is 0. The van der Waals surface area contributed by atoms with Gasteiger partial charge in [-0.1, -0.05) is 77.8 Å². The van der Waals surface area contributed by atoms with Crippen molar-refractivity contribution >= 4 is 45.0 Å². The van der Waals surface area contributed by atoms with Gasteiger partial charge in [0.2, 0.25) is 0 Å². The summed E-state index contributed by atoms with van der Waals surface area (Å²) < 4.78 is 8.21. The van der Waals surface area contributed by atoms with Crippen LogP contribution in [0, 0.1) is 0 Å². The zero-order chi connectivity index (χ0) is 20.5. The number of aromatic nitrogens is 2. The first-order chi connectivity index (χ1) is 14.7. The first-order valence-corrected chi connectivity index (χ1v) is 10.4. The average molecular weight is 433 g/mol. The number of imidazole rings is 1. The van der Waals surface area contributed by atoms with Gasteiger partial charge in [-0.2, -0.15) is 0 Å². The van der Waals surface area contributed by atoms with Crippen LogP contribution in [-0.4, -0.2) is 9.55 Å². The molecule has 1 heterocycles. The summed E-state index contributed by atoms with van der Waals surface area (Å²) in [5, 5.41) is 3.53. The van der Waals surface area contributed by atoms with E-state index >= 15 is 0 Å². The lowest BCUT2D eigenvalue weighted by molar-refractivity contribution is 0.291. The third-order valence-electron chi connectivity index (χ3n) is 5.19. The maximum absolute atomic E-state index is 6.27. The van der Waals surface area contributed by atoms with Crippen molar-refractivity contribution in [1.82, 2.24) is 9.55 Å². The van der Waals surface area contributed by atoms with Gasteiger partial charge >= 0.3 is 0 Å². The van der Waals surface area contributed by atoms with Gasteiger partial charge < -0.3 is 9.30 Å². The van der Waals surface area contributed by atoms with Crippen LogP contribution in [0.2, 0.25) is 10.0 Å². The second kappa shape index (κ2) is 8.02. The van der Waals surface area contributed by atoms with E-state index in [1.807, 2.05) is 18.2 Å². The Labute approximate surface area is 184 Å². The van der Waals surface area contributed by atoms with Gasteiger partial charge in [-0.25, -0.2) is 4.98 Å². The molecule has 30 heavy (non-hydrogen) atoms. The van der Waals surface area contributed by atoms with Gasteiger partial charge in [-0.05, 0) is 46.7 Å². The molecule has 3 nitrogen and oxygen atoms in total. The number of ether oxygens (including phenoxy) is 1. The van der Waals surface area contributed by atoms with E-state index in [-0.39, 0.29) is 0 Å². The molecule has 0 atom stereocenters. The lowest BCUT2D eigenvalue weighted by Crippen LogP contribution is -2.09. The Morgan fingerprint density at radius 3 is 2.53 bits per heavy atom. The van der Waals surface area contributed by atoms with Gasteiger partial charge in [0.15, 0.2) is 0 Å². The Morgan fingerprint density at radius 2 is 1.63 bits per heavy atom. The fraction of sp³-hybridized carbons (Fsp3) is 0.0800. The molecule has 0 aliphatic carbocycles. The SMILES string of the molecule is Clc1ccc(OCc2nc3ccccc3n2Cc2cccc3ccccc23)c(Cl)c1. The van der Waals surface area contributed by atoms with Gasteiger partial charge in [0, 0.05) is 5.02 Å². The van der Waals surface area contributed by atoms with Crippen LogP contribution < -0.4 is 4.74 Å². The number of rotatable bonds is 5. The molecule has 0 saturated heterocycles. The maximum atomic E-state index is 6.27. The zero-order valence-corrected chi connectivity index (χ0v) is 17.6. The predicted octanol–water partition coefficient (Wildman–Crippen LogP) is 7.12. The van der Waals surface area contributed by atoms with Crippen LogP contribution in [0.15, 0.2) is 84.9 Å². The third kappa shape index (κ3) is 3.62. The molecule has 0 aliphatic rings. The van der Waals surface area contributed by atoms with Crippen molar-refractivity contribution in [3.05, 3.63) is 106 Å². The Kier molecular flexibility index (Phi) is 5.07. The number of fused-ring (bicyclic) bond motifs is 2. The molecule has 5 rings (SSSR count). The second-order valence-electron chi connectivity index (χ2n) is 7.10. The standard InChI is InChI=1S/C25H18Cl2N2O/c26-19-12-13-24(21(27)14-19)30-16-25-28-22-10-3-4-11-23(22)29(25)15-18-8-5-7-17-6-1-2-9-20(17)18/h1-14H,15-16H2. The lowest BCUT2D eigenvalue weighted by atomic mass is 10.0. The Balaban J connectivity index is 1.54. The van der Waals surface area contributed by atoms with E-state index in [1.54, 1.807) is 18.2 Å². The molecule has 5 heteroatoms. The number of hydrogen-bond donors (Lipinski definition) is 0. The Bertz CT molecular complexity index is 1350. The summed E-state index contributed by atoms with van der Waals surface area (Å²) in [6.45, 7) is 1.01. The summed E-state index contributed by atoms with van der Waals surface area (Å²) >= 11 is 12.3. The van der Waals surface area contributed by atoms with Crippen LogP contribution in [0.5, 0.6) is 5.75 Å². The Morgan fingerprint density at radius 1 is 0.833 bits per heavy atom. The van der Waals surface area contributed by atoms with Gasteiger partial charge in [-0.15, -0.1) is 0 Å². The maximum Gasteiger partial charge on any atom is 0.148 e. The summed E-state index contributed by atoms with van der Waals surface area (Å²) in [6.07, 6.45) is 0. The second-order valence-corrected chi connectivity index (χ2v) is 7.95. The van der Waals surface area contributed by atoms with E-state index < -0.39 is 0 Å². The molecule has 0 saturated carbocycles. The largest absolute Gasteiger partial charge is 0.484 e. The molecule has 0 radical (unpaired) electrons. The van der Waals surface area contributed by atoms with Gasteiger partial charge in [0.25, 0.3) is 0 Å². The van der Waals surface area contributed by atoms with Crippen molar-refractivity contribution in [1.29, 1.82) is 0 Å². The lowest BCUT2D eigenvalue weighted by Gasteiger charge is -2.13. The quantitative estimate of drug-likeness (QED) is 0.295. The highest BCUT2D eigenvalue weighted by atomic mass is 35.5. The summed E-state index contributed by atoms with van der Waals surface area (Å²) in [5.74, 6) is 1.43. The highest BCUT2D eigenvalue weighted by molar-refractivity contribution is 6.35. The first-order valence-electron chi connectivity index (χ1n) is 9.68. The van der Waals surface area contributed by atoms with Gasteiger partial charge in [-0.3, -0.25) is 0 Å². The first kappa shape index (κ1) is 19.0. The Hall–Kier alpha value is -3.01. The summed E-state index contributed by atoms with van der Waals surface area (Å²) in [5.41, 5.74) is 3.26. The molecule has 1 aromatic heterocycles. The topological polar surface area (TPSA) is 27.1 Å². The van der Waals surface area contributed by atoms with Crippen molar-refractivity contribution < 1.29 is 4.74 Å². The summed E-state index contributed by atoms with van der Waals surface area (Å²) in [6, 6.07) is 28.2. The molecule has 0 aliphatic heterocycles. The molecular weight excluding hydrogens is 415 g/mol. The van der Waals surface area contributed by atoms with Crippen LogP contribution in [0.1, 0.15) is 11.4 Å². The van der Waals surface area contributed by atoms with E-state index in [4.69, 9.17) is 32.9 Å². The smallest absolute Gasteiger partial charge is 0.148 e. The van der Waals surface area contributed by atoms with E-state index in [2.05, 4.69) is 53.1 Å². The molecule has 0 spiro atoms. The van der Waals surface area contributed by atoms with Gasteiger partial charge in [0.1, 0.15) is 18.2 Å². The number of nitrogens with zero attached hydrogens (tertiary/aromatic N) is 2. The average Bonchev–Trinajstić information content (AvgIpc) is 3.11. The molecule has 148 valence electrons. The molecule has 4 aromatic carbocycles. The van der Waals surface area contributed by atoms with E-state index in [9.17, 15) is 0 Å². The van der Waals surface area contributed by atoms with Crippen LogP contribution >= 0.6 is 23.2 Å². The number of benzene rings is 4. The van der Waals surface area contributed by atoms with Crippen LogP contribution in [0.4, 0.5) is 0 Å². The van der Waals surface area contributed by atoms with Crippen molar-refractivity contribution in [2.75, 3.05) is 0 Å². The predicted molar refractivity (Wildman–Crippen MR) is 124 cm³/mol. The highest BCUT2D eigenvalue weighted by Crippen LogP contribution is 2.29. The van der Waals surface area contributed by atoms with E-state index in [1.165, 1.54) is 16.3 Å². The molecule has 0 bridgehead atoms. The normalized spacial score (nSPS) is 11.3. The van der Waals surface area contributed by atoms with E-state index in [0.29, 0.717) is 28.9 Å². The molecule has 5 aromatic rings. The number of halogens is 2. The fourth-order valence-corrected chi connectivity index (χ4v) is 4.21. The zero-order valence-electron chi connectivity index (χ0n) is 16.1. The van der Waals surface area contributed by atoms with Crippen molar-refractivity contribution in [3.63, 3.8) is 0 Å². The summed E-state index contributed by atoms with van der Waals surface area (Å²) in [4.78, 5) is 4.82. The van der Waals surface area contributed by atoms with Crippen molar-refractivity contribution in [2.45, 2.75) is 13.2 Å². The van der Waals surface area contributed by atoms with Crippen LogP contribution in [-0.2, 0) is 13.2 Å². The molecular formula is C25H18Cl2N2O. The van der Waals surface area contributed by atoms with E-state index in [0.717, 1.165) is 16.9 Å². The minimum Gasteiger partial charge on any atom is -0.484 e. The highest BCUT2D eigenvalue weighted by Gasteiger charge is 2.14. The minimum absolute atomic E-state index is 0.306. The van der Waals surface area contributed by atoms with Gasteiger partial charge in [0.05, 0.1) is 22.6 Å². The third-order valence-corrected chi connectivity index (χ3v) is 5.72. The molecule has 0 fully saturated rings. The fourth-order valence-electron chi connectivity index (χ4n) is 3.75. The minimum atomic E-state index is 0.306. The molecule has 0 unspecified atom stereocenters. The number of hydrogen-bond acceptors (Lipinski definition) is 2. The van der Waals surface area contributed by atoms with Crippen LogP contribution in [0.3, 0.4) is 0 Å². The van der Waals surface area contributed by atoms with Crippen molar-refractivity contribution in [3.8, 4) is 5.75 Å². The monoisotopic (exact) mass is 432 g/mol. The molecule has 0 N–H and O–H groups in total. The number of para-hydroxylation sites is 2.